The van der Waals surface area contributed by atoms with Crippen molar-refractivity contribution >= 4 is 17.6 Å². The highest BCUT2D eigenvalue weighted by Crippen LogP contribution is 1.80. The third-order valence-electron chi connectivity index (χ3n) is 0.332. The lowest BCUT2D eigenvalue weighted by Gasteiger charge is -1.95. The van der Waals surface area contributed by atoms with E-state index < -0.39 is 17.8 Å². The molecule has 42 valence electrons. The first-order valence-electron chi connectivity index (χ1n) is 2.91. The molecule has 0 aromatic heterocycles. The lowest BCUT2D eigenvalue weighted by molar-refractivity contribution is -0.137. The average molecular weight is 127 g/mol. The van der Waals surface area contributed by atoms with Crippen LogP contribution in [0, 0.1) is 0 Å². The lowest BCUT2D eigenvalue weighted by Crippen LogP contribution is -2.31. The van der Waals surface area contributed by atoms with Crippen LogP contribution < -0.4 is 5.73 Å². The summed E-state index contributed by atoms with van der Waals surface area (Å²) in [5, 5.41) is 8.14. The standard InChI is InChI=1S/C3H6ClNO2/c4-1-2(5)3(6)7/h2H,1,5H2,(H,6,7)/t2-/m0/s1/i1D2,2D. The molecule has 0 aliphatic rings. The van der Waals surface area contributed by atoms with Crippen molar-refractivity contribution in [3.8, 4) is 0 Å². The molecular formula is C3H6ClNO2. The number of carboxylic acid groups (broad SMARTS) is 1. The molecule has 0 amide bonds. The van der Waals surface area contributed by atoms with Crippen molar-refractivity contribution < 1.29 is 14.0 Å². The molecule has 0 heterocycles. The monoisotopic (exact) mass is 126 g/mol. The molecule has 0 saturated carbocycles. The van der Waals surface area contributed by atoms with Crippen LogP contribution in [0.5, 0.6) is 0 Å². The maximum atomic E-state index is 10.0. The van der Waals surface area contributed by atoms with E-state index in [9.17, 15) is 4.79 Å². The Morgan fingerprint density at radius 1 is 2.43 bits per heavy atom. The first kappa shape index (κ1) is 2.89. The Morgan fingerprint density at radius 2 is 2.86 bits per heavy atom. The fraction of sp³-hybridized carbons (Fsp3) is 0.667. The summed E-state index contributed by atoms with van der Waals surface area (Å²) < 4.78 is 19.9. The van der Waals surface area contributed by atoms with Crippen molar-refractivity contribution in [3.05, 3.63) is 0 Å². The quantitative estimate of drug-likeness (QED) is 0.497. The molecule has 7 heavy (non-hydrogen) atoms. The minimum atomic E-state index is -2.80. The molecule has 0 rings (SSSR count). The Balaban J connectivity index is 4.57. The summed E-state index contributed by atoms with van der Waals surface area (Å²) in [4.78, 5) is 10.0. The van der Waals surface area contributed by atoms with Crippen molar-refractivity contribution in [2.24, 2.45) is 5.73 Å². The second-order valence-electron chi connectivity index (χ2n) is 0.813. The van der Waals surface area contributed by atoms with E-state index >= 15 is 0 Å². The summed E-state index contributed by atoms with van der Waals surface area (Å²) in [6.07, 6.45) is 0. The van der Waals surface area contributed by atoms with Crippen molar-refractivity contribution in [3.63, 3.8) is 0 Å². The SMILES string of the molecule is [2H]C([2H])(Cl)[C@]([2H])(N)C(=O)O. The number of hydrogen-bond acceptors (Lipinski definition) is 2. The minimum Gasteiger partial charge on any atom is -0.480 e. The van der Waals surface area contributed by atoms with Crippen LogP contribution in [0.1, 0.15) is 4.11 Å². The van der Waals surface area contributed by atoms with Gasteiger partial charge in [0.05, 0.1) is 1.37 Å². The predicted octanol–water partition coefficient (Wildman–Crippen LogP) is -0.363. The summed E-state index contributed by atoms with van der Waals surface area (Å²) >= 11 is 4.86. The third-order valence-corrected chi connectivity index (χ3v) is 0.536. The molecule has 0 aliphatic carbocycles. The maximum Gasteiger partial charge on any atom is 0.321 e. The van der Waals surface area contributed by atoms with E-state index in [-0.39, 0.29) is 0 Å². The van der Waals surface area contributed by atoms with Gasteiger partial charge in [0.1, 0.15) is 6.02 Å². The molecule has 0 aliphatic heterocycles. The second-order valence-corrected chi connectivity index (χ2v) is 1.00. The van der Waals surface area contributed by atoms with Gasteiger partial charge in [0.2, 0.25) is 0 Å². The van der Waals surface area contributed by atoms with Crippen LogP contribution in [-0.4, -0.2) is 22.9 Å². The van der Waals surface area contributed by atoms with Crippen molar-refractivity contribution in [2.45, 2.75) is 6.02 Å². The molecule has 1 atom stereocenters. The lowest BCUT2D eigenvalue weighted by atomic mass is 10.4. The van der Waals surface area contributed by atoms with Gasteiger partial charge in [-0.3, -0.25) is 4.79 Å². The normalized spacial score (nSPS) is 26.3. The fourth-order valence-corrected chi connectivity index (χ4v) is 0.121. The van der Waals surface area contributed by atoms with Gasteiger partial charge >= 0.3 is 5.97 Å². The number of alkyl halides is 1. The first-order valence-corrected chi connectivity index (χ1v) is 1.78. The zero-order valence-electron chi connectivity index (χ0n) is 6.31. The molecule has 0 bridgehead atoms. The molecule has 0 fully saturated rings. The zero-order chi connectivity index (χ0) is 8.58. The highest BCUT2D eigenvalue weighted by atomic mass is 35.5. The highest BCUT2D eigenvalue weighted by Gasteiger charge is 2.07. The molecule has 0 aromatic carbocycles. The molecule has 0 saturated heterocycles. The largest absolute Gasteiger partial charge is 0.480 e. The predicted molar refractivity (Wildman–Crippen MR) is 26.3 cm³/mol. The van der Waals surface area contributed by atoms with Crippen molar-refractivity contribution in [1.82, 2.24) is 0 Å². The Morgan fingerprint density at radius 3 is 2.86 bits per heavy atom. The van der Waals surface area contributed by atoms with Crippen LogP contribution in [0.15, 0.2) is 0 Å². The summed E-state index contributed by atoms with van der Waals surface area (Å²) in [6.45, 7) is 0. The number of carbonyl (C=O) groups is 1. The summed E-state index contributed by atoms with van der Waals surface area (Å²) in [7, 11) is 0. The van der Waals surface area contributed by atoms with Gasteiger partial charge in [0.25, 0.3) is 0 Å². The van der Waals surface area contributed by atoms with Crippen molar-refractivity contribution in [2.75, 3.05) is 5.83 Å². The number of aliphatic carboxylic acids is 1. The number of rotatable bonds is 2. The van der Waals surface area contributed by atoms with E-state index in [2.05, 4.69) is 0 Å². The van der Waals surface area contributed by atoms with E-state index in [1.165, 1.54) is 0 Å². The van der Waals surface area contributed by atoms with Crippen LogP contribution in [0.25, 0.3) is 0 Å². The van der Waals surface area contributed by atoms with Crippen LogP contribution in [0.2, 0.25) is 0 Å². The Bertz CT molecular complexity index is 154. The summed E-state index contributed by atoms with van der Waals surface area (Å²) in [6, 6.07) is -2.80. The Hall–Kier alpha value is -0.280. The van der Waals surface area contributed by atoms with Gasteiger partial charge in [-0.1, -0.05) is 0 Å². The van der Waals surface area contributed by atoms with E-state index in [4.69, 9.17) is 26.6 Å². The molecule has 0 radical (unpaired) electrons. The van der Waals surface area contributed by atoms with E-state index in [1.807, 2.05) is 0 Å². The number of carboxylic acids is 1. The third kappa shape index (κ3) is 2.42. The minimum absolute atomic E-state index is 1.80. The van der Waals surface area contributed by atoms with Crippen LogP contribution in [0.3, 0.4) is 0 Å². The Kier molecular flexibility index (Phi) is 1.17. The average Bonchev–Trinajstić information content (AvgIpc) is 1.62. The van der Waals surface area contributed by atoms with Gasteiger partial charge in [-0.25, -0.2) is 0 Å². The van der Waals surface area contributed by atoms with Gasteiger partial charge in [-0.2, -0.15) is 0 Å². The van der Waals surface area contributed by atoms with E-state index in [1.54, 1.807) is 0 Å². The molecule has 0 spiro atoms. The molecule has 0 aromatic rings. The second kappa shape index (κ2) is 2.82. The zero-order valence-corrected chi connectivity index (χ0v) is 4.07. The molecular weight excluding hydrogens is 117 g/mol. The summed E-state index contributed by atoms with van der Waals surface area (Å²) in [5.41, 5.74) is 4.70. The number of nitrogens with two attached hydrogens (primary N) is 1. The first-order chi connectivity index (χ1) is 4.19. The molecule has 3 nitrogen and oxygen atoms in total. The van der Waals surface area contributed by atoms with Gasteiger partial charge in [0.15, 0.2) is 0 Å². The van der Waals surface area contributed by atoms with E-state index in [0.29, 0.717) is 0 Å². The van der Waals surface area contributed by atoms with E-state index in [0.717, 1.165) is 0 Å². The van der Waals surface area contributed by atoms with Crippen LogP contribution >= 0.6 is 11.6 Å². The van der Waals surface area contributed by atoms with Gasteiger partial charge < -0.3 is 10.8 Å². The van der Waals surface area contributed by atoms with Crippen LogP contribution in [0.4, 0.5) is 0 Å². The molecule has 3 N–H and O–H groups in total. The maximum absolute atomic E-state index is 10.0. The van der Waals surface area contributed by atoms with Gasteiger partial charge in [-0.15, -0.1) is 11.6 Å². The number of hydrogen-bond donors (Lipinski definition) is 2. The molecule has 4 heteroatoms. The Labute approximate surface area is 50.3 Å². The van der Waals surface area contributed by atoms with Crippen LogP contribution in [-0.2, 0) is 4.79 Å². The van der Waals surface area contributed by atoms with Gasteiger partial charge in [-0.05, 0) is 0 Å². The number of halogens is 1. The smallest absolute Gasteiger partial charge is 0.321 e. The fourth-order valence-electron chi connectivity index (χ4n) is 0.0404. The van der Waals surface area contributed by atoms with Crippen molar-refractivity contribution in [1.29, 1.82) is 0 Å². The topological polar surface area (TPSA) is 63.3 Å². The summed E-state index contributed by atoms with van der Waals surface area (Å²) in [5.74, 6) is -4.56. The highest BCUT2D eigenvalue weighted by molar-refractivity contribution is 6.19. The van der Waals surface area contributed by atoms with Gasteiger partial charge in [0, 0.05) is 8.57 Å². The molecule has 0 unspecified atom stereocenters.